The lowest BCUT2D eigenvalue weighted by Gasteiger charge is -2.33. The summed E-state index contributed by atoms with van der Waals surface area (Å²) in [7, 11) is 2.27. The topological polar surface area (TPSA) is 26.3 Å². The smallest absolute Gasteiger partial charge is 0.150 e. The van der Waals surface area contributed by atoms with Crippen LogP contribution >= 0.6 is 8.58 Å². The Balaban J connectivity index is 2.58. The van der Waals surface area contributed by atoms with E-state index in [1.165, 1.54) is 16.7 Å². The number of rotatable bonds is 7. The molecule has 0 aliphatic heterocycles. The van der Waals surface area contributed by atoms with Gasteiger partial charge >= 0.3 is 0 Å². The first-order valence-electron chi connectivity index (χ1n) is 8.84. The highest BCUT2D eigenvalue weighted by molar-refractivity contribution is 7.48. The first-order valence-corrected chi connectivity index (χ1v) is 9.84. The van der Waals surface area contributed by atoms with Gasteiger partial charge < -0.3 is 4.74 Å². The highest BCUT2D eigenvalue weighted by atomic mass is 31.1. The Hall–Kier alpha value is -1.66. The molecule has 0 fully saturated rings. The fraction of sp³-hybridized carbons (Fsp3) is 0.409. The molecule has 25 heavy (non-hydrogen) atoms. The Morgan fingerprint density at radius 1 is 1.12 bits per heavy atom. The molecule has 0 spiro atoms. The van der Waals surface area contributed by atoms with Crippen molar-refractivity contribution in [1.29, 1.82) is 0 Å². The largest absolute Gasteiger partial charge is 0.496 e. The molecule has 2 nitrogen and oxygen atoms in total. The molecule has 0 aromatic heterocycles. The predicted molar refractivity (Wildman–Crippen MR) is 109 cm³/mol. The summed E-state index contributed by atoms with van der Waals surface area (Å²) in [6, 6.07) is 10.6. The molecule has 0 aliphatic carbocycles. The molecule has 0 aliphatic rings. The standard InChI is InChI=1S/C22H29O2P/c1-7-10-22(5,19-13-16(3)11-17(4)21(19)24-6)25-20-9-8-15(2)12-18(20)14-23/h8-9,11-14,25H,7,10H2,1-6H3. The molecule has 0 saturated heterocycles. The van der Waals surface area contributed by atoms with Crippen LogP contribution in [0.5, 0.6) is 5.75 Å². The van der Waals surface area contributed by atoms with Crippen LogP contribution in [-0.4, -0.2) is 13.4 Å². The Labute approximate surface area is 153 Å². The van der Waals surface area contributed by atoms with Crippen molar-refractivity contribution in [2.45, 2.75) is 52.6 Å². The van der Waals surface area contributed by atoms with Crippen molar-refractivity contribution >= 4 is 20.2 Å². The second-order valence-corrected chi connectivity index (χ2v) is 8.97. The summed E-state index contributed by atoms with van der Waals surface area (Å²) in [6.07, 6.45) is 3.12. The molecule has 2 aromatic rings. The molecule has 2 atom stereocenters. The lowest BCUT2D eigenvalue weighted by atomic mass is 9.91. The Morgan fingerprint density at radius 2 is 1.84 bits per heavy atom. The van der Waals surface area contributed by atoms with E-state index in [4.69, 9.17) is 4.74 Å². The van der Waals surface area contributed by atoms with Gasteiger partial charge in [0.25, 0.3) is 0 Å². The van der Waals surface area contributed by atoms with Crippen LogP contribution in [0.3, 0.4) is 0 Å². The average molecular weight is 356 g/mol. The van der Waals surface area contributed by atoms with Crippen molar-refractivity contribution in [3.63, 3.8) is 0 Å². The summed E-state index contributed by atoms with van der Waals surface area (Å²) in [6.45, 7) is 10.8. The maximum atomic E-state index is 11.6. The van der Waals surface area contributed by atoms with Crippen molar-refractivity contribution in [2.75, 3.05) is 7.11 Å². The fourth-order valence-corrected chi connectivity index (χ4v) is 5.32. The Bertz CT molecular complexity index is 767. The molecule has 0 amide bonds. The summed E-state index contributed by atoms with van der Waals surface area (Å²) in [5.74, 6) is 0.980. The molecule has 0 radical (unpaired) electrons. The first-order chi connectivity index (χ1) is 11.8. The number of hydrogen-bond acceptors (Lipinski definition) is 2. The zero-order valence-corrected chi connectivity index (χ0v) is 17.2. The van der Waals surface area contributed by atoms with Crippen LogP contribution < -0.4 is 10.0 Å². The molecule has 3 heteroatoms. The van der Waals surface area contributed by atoms with Crippen molar-refractivity contribution in [2.24, 2.45) is 0 Å². The quantitative estimate of drug-likeness (QED) is 0.487. The Morgan fingerprint density at radius 3 is 2.44 bits per heavy atom. The van der Waals surface area contributed by atoms with Gasteiger partial charge in [-0.15, -0.1) is 0 Å². The SMILES string of the molecule is CCCC(C)(Pc1ccc(C)cc1C=O)c1cc(C)cc(C)c1OC. The molecule has 2 unspecified atom stereocenters. The molecular weight excluding hydrogens is 327 g/mol. The summed E-state index contributed by atoms with van der Waals surface area (Å²) in [5, 5.41) is 1.09. The molecular formula is C22H29O2P. The minimum atomic E-state index is -0.0517. The lowest BCUT2D eigenvalue weighted by molar-refractivity contribution is 0.112. The second kappa shape index (κ2) is 8.15. The molecule has 0 saturated carbocycles. The molecule has 134 valence electrons. The number of aryl methyl sites for hydroxylation is 3. The van der Waals surface area contributed by atoms with E-state index in [2.05, 4.69) is 52.0 Å². The minimum Gasteiger partial charge on any atom is -0.496 e. The first kappa shape index (κ1) is 19.7. The van der Waals surface area contributed by atoms with E-state index in [9.17, 15) is 4.79 Å². The van der Waals surface area contributed by atoms with Crippen LogP contribution in [0, 0.1) is 20.8 Å². The highest BCUT2D eigenvalue weighted by Crippen LogP contribution is 2.49. The molecule has 0 N–H and O–H groups in total. The van der Waals surface area contributed by atoms with E-state index in [-0.39, 0.29) is 5.16 Å². The van der Waals surface area contributed by atoms with E-state index in [1.807, 2.05) is 13.0 Å². The number of benzene rings is 2. The number of methoxy groups -OCH3 is 1. The van der Waals surface area contributed by atoms with E-state index in [1.54, 1.807) is 7.11 Å². The third-order valence-electron chi connectivity index (χ3n) is 4.71. The van der Waals surface area contributed by atoms with Crippen LogP contribution in [0.15, 0.2) is 30.3 Å². The van der Waals surface area contributed by atoms with Gasteiger partial charge in [-0.05, 0) is 44.1 Å². The van der Waals surface area contributed by atoms with E-state index in [0.29, 0.717) is 8.58 Å². The number of carbonyl (C=O) groups excluding carboxylic acids is 1. The summed E-state index contributed by atoms with van der Waals surface area (Å²) in [5.41, 5.74) is 5.61. The summed E-state index contributed by atoms with van der Waals surface area (Å²) in [4.78, 5) is 11.6. The van der Waals surface area contributed by atoms with Crippen molar-refractivity contribution in [3.8, 4) is 5.75 Å². The second-order valence-electron chi connectivity index (χ2n) is 7.08. The zero-order valence-electron chi connectivity index (χ0n) is 16.2. The van der Waals surface area contributed by atoms with Gasteiger partial charge in [-0.3, -0.25) is 4.79 Å². The average Bonchev–Trinajstić information content (AvgIpc) is 2.56. The third-order valence-corrected chi connectivity index (χ3v) is 6.51. The summed E-state index contributed by atoms with van der Waals surface area (Å²) >= 11 is 0. The van der Waals surface area contributed by atoms with Gasteiger partial charge in [0.15, 0.2) is 6.29 Å². The number of hydrogen-bond donors (Lipinski definition) is 0. The minimum absolute atomic E-state index is 0.0517. The van der Waals surface area contributed by atoms with E-state index >= 15 is 0 Å². The predicted octanol–water partition coefficient (Wildman–Crippen LogP) is 5.45. The van der Waals surface area contributed by atoms with Crippen LogP contribution in [0.25, 0.3) is 0 Å². The van der Waals surface area contributed by atoms with Gasteiger partial charge in [0.2, 0.25) is 0 Å². The van der Waals surface area contributed by atoms with Crippen LogP contribution in [-0.2, 0) is 5.16 Å². The normalized spacial score (nSPS) is 13.8. The molecule has 0 bridgehead atoms. The van der Waals surface area contributed by atoms with Gasteiger partial charge in [-0.1, -0.05) is 64.2 Å². The molecule has 2 aromatic carbocycles. The van der Waals surface area contributed by atoms with Crippen molar-refractivity contribution in [3.05, 3.63) is 58.1 Å². The molecule has 0 heterocycles. The van der Waals surface area contributed by atoms with Crippen LogP contribution in [0.1, 0.15) is 59.3 Å². The lowest BCUT2D eigenvalue weighted by Crippen LogP contribution is -2.22. The van der Waals surface area contributed by atoms with Gasteiger partial charge in [0.1, 0.15) is 5.75 Å². The van der Waals surface area contributed by atoms with Gasteiger partial charge in [0.05, 0.1) is 7.11 Å². The third kappa shape index (κ3) is 4.30. The number of aldehydes is 1. The van der Waals surface area contributed by atoms with Crippen LogP contribution in [0.2, 0.25) is 0 Å². The van der Waals surface area contributed by atoms with Crippen molar-refractivity contribution in [1.82, 2.24) is 0 Å². The zero-order chi connectivity index (χ0) is 18.6. The highest BCUT2D eigenvalue weighted by Gasteiger charge is 2.31. The number of ether oxygens (including phenoxy) is 1. The molecule has 2 rings (SSSR count). The maximum Gasteiger partial charge on any atom is 0.150 e. The van der Waals surface area contributed by atoms with Gasteiger partial charge in [0, 0.05) is 16.3 Å². The Kier molecular flexibility index (Phi) is 6.41. The summed E-state index contributed by atoms with van der Waals surface area (Å²) < 4.78 is 5.77. The monoisotopic (exact) mass is 356 g/mol. The van der Waals surface area contributed by atoms with Crippen LogP contribution in [0.4, 0.5) is 0 Å². The van der Waals surface area contributed by atoms with Gasteiger partial charge in [-0.25, -0.2) is 0 Å². The van der Waals surface area contributed by atoms with E-state index < -0.39 is 0 Å². The fourth-order valence-electron chi connectivity index (χ4n) is 3.59. The van der Waals surface area contributed by atoms with Crippen molar-refractivity contribution < 1.29 is 9.53 Å². The number of carbonyl (C=O) groups is 1. The van der Waals surface area contributed by atoms with Gasteiger partial charge in [-0.2, -0.15) is 0 Å². The van der Waals surface area contributed by atoms with E-state index in [0.717, 1.165) is 41.3 Å². The maximum absolute atomic E-state index is 11.6.